The fourth-order valence-electron chi connectivity index (χ4n) is 2.44. The molecule has 1 fully saturated rings. The molecule has 1 aromatic heterocycles. The normalized spacial score (nSPS) is 17.6. The Labute approximate surface area is 126 Å². The van der Waals surface area contributed by atoms with Crippen LogP contribution in [0.3, 0.4) is 0 Å². The smallest absolute Gasteiger partial charge is 0.244 e. The highest BCUT2D eigenvalue weighted by Crippen LogP contribution is 2.38. The third-order valence-corrected chi connectivity index (χ3v) is 6.20. The first kappa shape index (κ1) is 15.9. The zero-order valence-electron chi connectivity index (χ0n) is 12.3. The predicted octanol–water partition coefficient (Wildman–Crippen LogP) is 3.37. The van der Waals surface area contributed by atoms with Crippen LogP contribution in [0.4, 0.5) is 0 Å². The number of halogens is 1. The lowest BCUT2D eigenvalue weighted by molar-refractivity contribution is 0.368. The van der Waals surface area contributed by atoms with Crippen molar-refractivity contribution in [1.29, 1.82) is 0 Å². The molecule has 1 aliphatic rings. The summed E-state index contributed by atoms with van der Waals surface area (Å²) in [6.07, 6.45) is 5.80. The van der Waals surface area contributed by atoms with Crippen molar-refractivity contribution in [2.24, 2.45) is 0 Å². The molecule has 4 nitrogen and oxygen atoms in total. The minimum Gasteiger partial charge on any atom is -0.346 e. The van der Waals surface area contributed by atoms with E-state index in [0.717, 1.165) is 31.4 Å². The summed E-state index contributed by atoms with van der Waals surface area (Å²) in [7, 11) is -1.77. The number of aromatic nitrogens is 1. The second kappa shape index (κ2) is 6.08. The topological polar surface area (TPSA) is 42.3 Å². The van der Waals surface area contributed by atoms with Crippen molar-refractivity contribution in [1.82, 2.24) is 8.87 Å². The molecular formula is C14H23ClN2O2S. The highest BCUT2D eigenvalue weighted by molar-refractivity contribution is 7.89. The number of alkyl halides is 1. The number of hydrogen-bond donors (Lipinski definition) is 0. The molecule has 1 atom stereocenters. The van der Waals surface area contributed by atoms with Crippen LogP contribution in [0, 0.1) is 0 Å². The molecule has 1 heterocycles. The second-order valence-electron chi connectivity index (χ2n) is 5.60. The van der Waals surface area contributed by atoms with E-state index in [1.807, 2.05) is 11.5 Å². The number of nitrogens with zero attached hydrogens (tertiary/aromatic N) is 2. The Morgan fingerprint density at radius 3 is 2.65 bits per heavy atom. The Kier molecular flexibility index (Phi) is 4.82. The molecule has 20 heavy (non-hydrogen) atoms. The second-order valence-corrected chi connectivity index (χ2v) is 7.86. The van der Waals surface area contributed by atoms with Crippen LogP contribution >= 0.6 is 11.6 Å². The van der Waals surface area contributed by atoms with Gasteiger partial charge in [0.25, 0.3) is 0 Å². The zero-order valence-corrected chi connectivity index (χ0v) is 13.9. The fourth-order valence-corrected chi connectivity index (χ4v) is 4.10. The lowest BCUT2D eigenvalue weighted by Gasteiger charge is -2.23. The van der Waals surface area contributed by atoms with Crippen molar-refractivity contribution in [2.45, 2.75) is 62.4 Å². The first-order chi connectivity index (χ1) is 9.41. The van der Waals surface area contributed by atoms with Gasteiger partial charge in [-0.1, -0.05) is 13.3 Å². The van der Waals surface area contributed by atoms with Gasteiger partial charge in [0.05, 0.1) is 5.88 Å². The van der Waals surface area contributed by atoms with Crippen LogP contribution in [-0.2, 0) is 15.9 Å². The van der Waals surface area contributed by atoms with Crippen LogP contribution in [0.2, 0.25) is 0 Å². The van der Waals surface area contributed by atoms with E-state index in [1.54, 1.807) is 19.3 Å². The molecule has 0 saturated heterocycles. The molecule has 114 valence electrons. The van der Waals surface area contributed by atoms with E-state index in [9.17, 15) is 8.42 Å². The van der Waals surface area contributed by atoms with Gasteiger partial charge in [0.15, 0.2) is 0 Å². The van der Waals surface area contributed by atoms with Gasteiger partial charge in [-0.25, -0.2) is 8.42 Å². The standard InChI is InChI=1S/C14H23ClN2O2S/c1-4-5-11(2)16(3)20(18,19)14-8-13(9-15)17(10-14)12-6-7-12/h8,10-12H,4-7,9H2,1-3H3. The summed E-state index contributed by atoms with van der Waals surface area (Å²) in [5.41, 5.74) is 0.893. The van der Waals surface area contributed by atoms with Crippen LogP contribution < -0.4 is 0 Å². The molecule has 1 aromatic rings. The van der Waals surface area contributed by atoms with E-state index in [-0.39, 0.29) is 6.04 Å². The van der Waals surface area contributed by atoms with Gasteiger partial charge in [-0.05, 0) is 32.3 Å². The maximum Gasteiger partial charge on any atom is 0.244 e. The maximum absolute atomic E-state index is 12.6. The van der Waals surface area contributed by atoms with E-state index < -0.39 is 10.0 Å². The molecular weight excluding hydrogens is 296 g/mol. The fraction of sp³-hybridized carbons (Fsp3) is 0.714. The first-order valence-corrected chi connectivity index (χ1v) is 9.14. The van der Waals surface area contributed by atoms with Crippen LogP contribution in [0.1, 0.15) is 51.3 Å². The first-order valence-electron chi connectivity index (χ1n) is 7.16. The molecule has 0 N–H and O–H groups in total. The SMILES string of the molecule is CCCC(C)N(C)S(=O)(=O)c1cc(CCl)n(C2CC2)c1. The van der Waals surface area contributed by atoms with Crippen LogP contribution in [-0.4, -0.2) is 30.4 Å². The Balaban J connectivity index is 2.29. The number of rotatable bonds is 7. The number of hydrogen-bond acceptors (Lipinski definition) is 2. The summed E-state index contributed by atoms with van der Waals surface area (Å²) >= 11 is 5.93. The Morgan fingerprint density at radius 1 is 1.50 bits per heavy atom. The van der Waals surface area contributed by atoms with E-state index in [0.29, 0.717) is 16.8 Å². The summed E-state index contributed by atoms with van der Waals surface area (Å²) in [6, 6.07) is 2.16. The third-order valence-electron chi connectivity index (χ3n) is 3.99. The summed E-state index contributed by atoms with van der Waals surface area (Å²) < 4.78 is 28.8. The lowest BCUT2D eigenvalue weighted by Crippen LogP contribution is -2.34. The maximum atomic E-state index is 12.6. The van der Waals surface area contributed by atoms with Crippen molar-refractivity contribution >= 4 is 21.6 Å². The monoisotopic (exact) mass is 318 g/mol. The molecule has 1 saturated carbocycles. The van der Waals surface area contributed by atoms with Crippen molar-refractivity contribution in [3.05, 3.63) is 18.0 Å². The van der Waals surface area contributed by atoms with Gasteiger partial charge in [0, 0.05) is 31.0 Å². The average molecular weight is 319 g/mol. The van der Waals surface area contributed by atoms with Crippen LogP contribution in [0.25, 0.3) is 0 Å². The van der Waals surface area contributed by atoms with Crippen LogP contribution in [0.5, 0.6) is 0 Å². The molecule has 0 bridgehead atoms. The Morgan fingerprint density at radius 2 is 2.15 bits per heavy atom. The molecule has 0 aliphatic heterocycles. The third kappa shape index (κ3) is 3.05. The van der Waals surface area contributed by atoms with Gasteiger partial charge in [-0.3, -0.25) is 0 Å². The van der Waals surface area contributed by atoms with Gasteiger partial charge < -0.3 is 4.57 Å². The van der Waals surface area contributed by atoms with Crippen molar-refractivity contribution in [3.8, 4) is 0 Å². The summed E-state index contributed by atoms with van der Waals surface area (Å²) in [6.45, 7) is 4.01. The molecule has 6 heteroatoms. The predicted molar refractivity (Wildman–Crippen MR) is 81.6 cm³/mol. The van der Waals surface area contributed by atoms with E-state index in [4.69, 9.17) is 11.6 Å². The molecule has 0 radical (unpaired) electrons. The number of sulfonamides is 1. The van der Waals surface area contributed by atoms with Crippen LogP contribution in [0.15, 0.2) is 17.2 Å². The Hall–Kier alpha value is -0.520. The van der Waals surface area contributed by atoms with E-state index in [1.165, 1.54) is 4.31 Å². The lowest BCUT2D eigenvalue weighted by atomic mass is 10.2. The van der Waals surface area contributed by atoms with E-state index in [2.05, 4.69) is 6.92 Å². The molecule has 0 amide bonds. The average Bonchev–Trinajstić information content (AvgIpc) is 3.16. The molecule has 2 rings (SSSR count). The summed E-state index contributed by atoms with van der Waals surface area (Å²) in [5.74, 6) is 0.347. The highest BCUT2D eigenvalue weighted by atomic mass is 35.5. The Bertz CT molecular complexity index is 564. The van der Waals surface area contributed by atoms with Gasteiger partial charge in [-0.2, -0.15) is 4.31 Å². The van der Waals surface area contributed by atoms with Gasteiger partial charge in [0.2, 0.25) is 10.0 Å². The summed E-state index contributed by atoms with van der Waals surface area (Å²) in [4.78, 5) is 0.366. The highest BCUT2D eigenvalue weighted by Gasteiger charge is 2.30. The summed E-state index contributed by atoms with van der Waals surface area (Å²) in [5, 5.41) is 0. The van der Waals surface area contributed by atoms with Crippen molar-refractivity contribution < 1.29 is 8.42 Å². The molecule has 1 aliphatic carbocycles. The minimum absolute atomic E-state index is 0.00808. The minimum atomic E-state index is -3.42. The molecule has 0 spiro atoms. The van der Waals surface area contributed by atoms with E-state index >= 15 is 0 Å². The quantitative estimate of drug-likeness (QED) is 0.723. The molecule has 0 aromatic carbocycles. The largest absolute Gasteiger partial charge is 0.346 e. The molecule has 1 unspecified atom stereocenters. The van der Waals surface area contributed by atoms with Crippen molar-refractivity contribution in [3.63, 3.8) is 0 Å². The zero-order chi connectivity index (χ0) is 14.9. The van der Waals surface area contributed by atoms with Crippen molar-refractivity contribution in [2.75, 3.05) is 7.05 Å². The van der Waals surface area contributed by atoms with Gasteiger partial charge in [-0.15, -0.1) is 11.6 Å². The van der Waals surface area contributed by atoms with Gasteiger partial charge >= 0.3 is 0 Å². The van der Waals surface area contributed by atoms with Gasteiger partial charge in [0.1, 0.15) is 4.90 Å².